The highest BCUT2D eigenvalue weighted by Gasteiger charge is 2.26. The number of hydrogen-bond acceptors (Lipinski definition) is 6. The molecule has 2 aromatic rings. The summed E-state index contributed by atoms with van der Waals surface area (Å²) in [6, 6.07) is 7.02. The molecule has 1 aliphatic rings. The van der Waals surface area contributed by atoms with E-state index in [2.05, 4.69) is 10.6 Å². The topological polar surface area (TPSA) is 122 Å². The van der Waals surface area contributed by atoms with Gasteiger partial charge in [-0.05, 0) is 113 Å². The van der Waals surface area contributed by atoms with Crippen molar-refractivity contribution < 1.29 is 33.1 Å². The molecule has 0 aliphatic carbocycles. The van der Waals surface area contributed by atoms with Gasteiger partial charge >= 0.3 is 0 Å². The van der Waals surface area contributed by atoms with E-state index >= 15 is 0 Å². The van der Waals surface area contributed by atoms with Crippen molar-refractivity contribution in [2.24, 2.45) is 5.92 Å². The van der Waals surface area contributed by atoms with E-state index in [0.717, 1.165) is 43.9 Å². The molecule has 276 valence electrons. The normalized spacial score (nSPS) is 14.7. The minimum Gasteiger partial charge on any atom is -0.391 e. The molecule has 0 unspecified atom stereocenters. The van der Waals surface area contributed by atoms with Crippen molar-refractivity contribution in [3.05, 3.63) is 70.3 Å². The Kier molecular flexibility index (Phi) is 16.3. The van der Waals surface area contributed by atoms with Gasteiger partial charge in [0.1, 0.15) is 11.6 Å². The molecule has 12 heteroatoms. The van der Waals surface area contributed by atoms with Crippen LogP contribution in [0.25, 0.3) is 0 Å². The summed E-state index contributed by atoms with van der Waals surface area (Å²) in [5.74, 6) is -1.96. The highest BCUT2D eigenvalue weighted by Crippen LogP contribution is 2.22. The predicted molar refractivity (Wildman–Crippen MR) is 190 cm³/mol. The van der Waals surface area contributed by atoms with Gasteiger partial charge in [-0.1, -0.05) is 13.8 Å². The molecule has 3 N–H and O–H groups in total. The van der Waals surface area contributed by atoms with Gasteiger partial charge in [-0.25, -0.2) is 8.78 Å². The van der Waals surface area contributed by atoms with Gasteiger partial charge in [0.25, 0.3) is 11.8 Å². The molecule has 1 heterocycles. The average Bonchev–Trinajstić information content (AvgIpc) is 3.05. The van der Waals surface area contributed by atoms with Gasteiger partial charge in [0.05, 0.1) is 18.7 Å². The number of benzene rings is 2. The average molecular weight is 700 g/mol. The lowest BCUT2D eigenvalue weighted by molar-refractivity contribution is -0.133. The molecule has 1 fully saturated rings. The third-order valence-corrected chi connectivity index (χ3v) is 8.98. The Bertz CT molecular complexity index is 1420. The number of aryl methyl sites for hydroxylation is 1. The number of carbonyl (C=O) groups excluding carboxylic acids is 4. The van der Waals surface area contributed by atoms with E-state index in [9.17, 15) is 33.1 Å². The van der Waals surface area contributed by atoms with Crippen LogP contribution < -0.4 is 10.6 Å². The summed E-state index contributed by atoms with van der Waals surface area (Å²) in [6.07, 6.45) is 3.16. The molecule has 3 rings (SSSR count). The number of likely N-dealkylation sites (tertiary alicyclic amines) is 1. The van der Waals surface area contributed by atoms with Crippen LogP contribution in [0.3, 0.4) is 0 Å². The molecule has 0 spiro atoms. The Morgan fingerprint density at radius 1 is 0.940 bits per heavy atom. The summed E-state index contributed by atoms with van der Waals surface area (Å²) in [6.45, 7) is 8.85. The maximum atomic E-state index is 14.1. The molecule has 10 nitrogen and oxygen atoms in total. The minimum atomic E-state index is -1.16. The highest BCUT2D eigenvalue weighted by atomic mass is 19.1. The molecule has 4 amide bonds. The van der Waals surface area contributed by atoms with Gasteiger partial charge in [-0.2, -0.15) is 0 Å². The van der Waals surface area contributed by atoms with Crippen molar-refractivity contribution >= 4 is 23.6 Å². The second-order valence-corrected chi connectivity index (χ2v) is 13.7. The van der Waals surface area contributed by atoms with Crippen molar-refractivity contribution in [2.75, 3.05) is 53.4 Å². The number of aliphatic hydroxyl groups excluding tert-OH is 1. The van der Waals surface area contributed by atoms with Crippen LogP contribution in [0.4, 0.5) is 8.78 Å². The lowest BCUT2D eigenvalue weighted by Crippen LogP contribution is -2.46. The summed E-state index contributed by atoms with van der Waals surface area (Å²) in [5, 5.41) is 16.9. The molecule has 2 atom stereocenters. The van der Waals surface area contributed by atoms with Crippen LogP contribution >= 0.6 is 0 Å². The monoisotopic (exact) mass is 699 g/mol. The van der Waals surface area contributed by atoms with Crippen LogP contribution in [0.15, 0.2) is 36.4 Å². The van der Waals surface area contributed by atoms with E-state index < -0.39 is 29.7 Å². The van der Waals surface area contributed by atoms with E-state index in [-0.39, 0.29) is 48.2 Å². The SMILES string of the molecule is CCCN(CCC)C(=O)c1cc(C)cc(C(=O)N[C@@H](Cc2cc(F)cc(F)c2)[C@H](O)CCNC(=O)CCC2CCN(C(=O)CN(C)C)CC2)c1. The Hall–Kier alpha value is -3.90. The molecular formula is C38H55F2N5O5. The van der Waals surface area contributed by atoms with Crippen LogP contribution in [0.5, 0.6) is 0 Å². The second kappa shape index (κ2) is 20.1. The molecule has 0 aromatic heterocycles. The first-order valence-electron chi connectivity index (χ1n) is 17.8. The van der Waals surface area contributed by atoms with Crippen LogP contribution in [0.2, 0.25) is 0 Å². The molecule has 50 heavy (non-hydrogen) atoms. The predicted octanol–water partition coefficient (Wildman–Crippen LogP) is 4.32. The number of amides is 4. The van der Waals surface area contributed by atoms with E-state index in [1.807, 2.05) is 37.7 Å². The van der Waals surface area contributed by atoms with Crippen LogP contribution in [-0.4, -0.2) is 109 Å². The van der Waals surface area contributed by atoms with Crippen molar-refractivity contribution in [2.45, 2.75) is 84.3 Å². The molecule has 0 saturated carbocycles. The highest BCUT2D eigenvalue weighted by molar-refractivity contribution is 6.00. The standard InChI is InChI=1S/C38H55F2N5O5/c1-6-14-45(15-7-2)38(50)30-19-26(3)18-29(23-30)37(49)42-33(22-28-20-31(39)24-32(40)21-28)34(46)10-13-41-35(47)9-8-27-11-16-44(17-12-27)36(48)25-43(4)5/h18-21,23-24,27,33-34,46H,6-17,22,25H2,1-5H3,(H,41,47)(H,42,49)/t33-,34+/m0/s1. The lowest BCUT2D eigenvalue weighted by atomic mass is 9.92. The van der Waals surface area contributed by atoms with Gasteiger partial charge in [-0.15, -0.1) is 0 Å². The maximum absolute atomic E-state index is 14.1. The second-order valence-electron chi connectivity index (χ2n) is 13.7. The van der Waals surface area contributed by atoms with Gasteiger partial charge < -0.3 is 30.4 Å². The number of halogens is 2. The number of rotatable bonds is 18. The number of hydrogen-bond donors (Lipinski definition) is 3. The summed E-state index contributed by atoms with van der Waals surface area (Å²) in [5.41, 5.74) is 1.57. The van der Waals surface area contributed by atoms with Crippen LogP contribution in [-0.2, 0) is 16.0 Å². The van der Waals surface area contributed by atoms with Crippen molar-refractivity contribution in [3.8, 4) is 0 Å². The smallest absolute Gasteiger partial charge is 0.253 e. The van der Waals surface area contributed by atoms with E-state index in [4.69, 9.17) is 0 Å². The fourth-order valence-corrected chi connectivity index (χ4v) is 6.42. The largest absolute Gasteiger partial charge is 0.391 e. The molecule has 1 saturated heterocycles. The number of likely N-dealkylation sites (N-methyl/N-ethyl adjacent to an activating group) is 1. The number of piperidine rings is 1. The van der Waals surface area contributed by atoms with E-state index in [0.29, 0.717) is 62.6 Å². The number of nitrogens with zero attached hydrogens (tertiary/aromatic N) is 3. The number of aliphatic hydroxyl groups is 1. The summed E-state index contributed by atoms with van der Waals surface area (Å²) in [4.78, 5) is 57.3. The van der Waals surface area contributed by atoms with Gasteiger partial charge in [0, 0.05) is 56.3 Å². The zero-order valence-electron chi connectivity index (χ0n) is 30.3. The molecule has 2 aromatic carbocycles. The first kappa shape index (κ1) is 40.5. The van der Waals surface area contributed by atoms with E-state index in [1.54, 1.807) is 24.0 Å². The Morgan fingerprint density at radius 3 is 2.16 bits per heavy atom. The Balaban J connectivity index is 1.62. The van der Waals surface area contributed by atoms with E-state index in [1.165, 1.54) is 6.07 Å². The maximum Gasteiger partial charge on any atom is 0.253 e. The summed E-state index contributed by atoms with van der Waals surface area (Å²) < 4.78 is 28.1. The quantitative estimate of drug-likeness (QED) is 0.213. The van der Waals surface area contributed by atoms with Crippen molar-refractivity contribution in [1.29, 1.82) is 0 Å². The lowest BCUT2D eigenvalue weighted by Gasteiger charge is -2.32. The van der Waals surface area contributed by atoms with Crippen LogP contribution in [0, 0.1) is 24.5 Å². The molecule has 1 aliphatic heterocycles. The number of carbonyl (C=O) groups is 4. The van der Waals surface area contributed by atoms with Gasteiger partial charge in [-0.3, -0.25) is 19.2 Å². The van der Waals surface area contributed by atoms with Crippen molar-refractivity contribution in [1.82, 2.24) is 25.3 Å². The van der Waals surface area contributed by atoms with Crippen molar-refractivity contribution in [3.63, 3.8) is 0 Å². The molecule has 0 bridgehead atoms. The van der Waals surface area contributed by atoms with Gasteiger partial charge in [0.15, 0.2) is 0 Å². The fraction of sp³-hybridized carbons (Fsp3) is 0.579. The third kappa shape index (κ3) is 13.1. The van der Waals surface area contributed by atoms with Gasteiger partial charge in [0.2, 0.25) is 11.8 Å². The Labute approximate surface area is 295 Å². The fourth-order valence-electron chi connectivity index (χ4n) is 6.42. The summed E-state index contributed by atoms with van der Waals surface area (Å²) in [7, 11) is 3.73. The zero-order chi connectivity index (χ0) is 36.8. The van der Waals surface area contributed by atoms with Crippen LogP contribution in [0.1, 0.15) is 90.6 Å². The first-order chi connectivity index (χ1) is 23.8. The zero-order valence-corrected chi connectivity index (χ0v) is 30.3. The first-order valence-corrected chi connectivity index (χ1v) is 17.8. The summed E-state index contributed by atoms with van der Waals surface area (Å²) >= 11 is 0. The molecule has 0 radical (unpaired) electrons. The third-order valence-electron chi connectivity index (χ3n) is 8.98. The molecular weight excluding hydrogens is 644 g/mol. The minimum absolute atomic E-state index is 0.0658. The number of nitrogens with one attached hydrogen (secondary N) is 2. The Morgan fingerprint density at radius 2 is 1.56 bits per heavy atom.